The number of phenols is 1. The molecule has 0 aliphatic carbocycles. The average molecular weight is 669 g/mol. The van der Waals surface area contributed by atoms with Crippen LogP contribution in [0.4, 0.5) is 0 Å². The van der Waals surface area contributed by atoms with Crippen molar-refractivity contribution in [2.24, 2.45) is 0 Å². The van der Waals surface area contributed by atoms with Crippen LogP contribution in [-0.4, -0.2) is 133 Å². The topological polar surface area (TPSA) is 246 Å². The van der Waals surface area contributed by atoms with Gasteiger partial charge in [-0.25, -0.2) is 0 Å². The van der Waals surface area contributed by atoms with Crippen molar-refractivity contribution >= 4 is 11.0 Å². The van der Waals surface area contributed by atoms with Crippen molar-refractivity contribution < 1.29 is 78.1 Å². The van der Waals surface area contributed by atoms with Crippen molar-refractivity contribution in [2.45, 2.75) is 48.7 Å². The molecule has 0 amide bonds. The number of hydrogen-bond donors (Lipinski definition) is 7. The summed E-state index contributed by atoms with van der Waals surface area (Å²) < 4.78 is 49.2. The monoisotopic (exact) mass is 668 g/mol. The van der Waals surface area contributed by atoms with Gasteiger partial charge < -0.3 is 78.1 Å². The molecule has 2 fully saturated rings. The molecule has 7 N–H and O–H groups in total. The summed E-state index contributed by atoms with van der Waals surface area (Å²) in [6, 6.07) is 4.23. The lowest BCUT2D eigenvalue weighted by atomic mass is 9.99. The number of hydrogen-bond acceptors (Lipinski definition) is 17. The second kappa shape index (κ2) is 13.7. The molecule has 0 saturated carbocycles. The highest BCUT2D eigenvalue weighted by molar-refractivity contribution is 5.92. The summed E-state index contributed by atoms with van der Waals surface area (Å²) in [5.74, 6) is -0.398. The van der Waals surface area contributed by atoms with Gasteiger partial charge >= 0.3 is 0 Å². The molecule has 0 bridgehead atoms. The Morgan fingerprint density at radius 3 is 2.15 bits per heavy atom. The highest BCUT2D eigenvalue weighted by Gasteiger charge is 2.50. The lowest BCUT2D eigenvalue weighted by molar-refractivity contribution is -0.289. The van der Waals surface area contributed by atoms with E-state index < -0.39 is 79.7 Å². The minimum absolute atomic E-state index is 0.00102. The van der Waals surface area contributed by atoms with E-state index in [0.717, 1.165) is 6.26 Å². The van der Waals surface area contributed by atoms with E-state index in [9.17, 15) is 40.5 Å². The zero-order valence-corrected chi connectivity index (χ0v) is 25.7. The van der Waals surface area contributed by atoms with Gasteiger partial charge in [-0.1, -0.05) is 0 Å². The fraction of sp³-hybridized carbons (Fsp3) is 0.500. The van der Waals surface area contributed by atoms with Crippen LogP contribution in [-0.2, 0) is 14.2 Å². The van der Waals surface area contributed by atoms with Crippen LogP contribution in [0.15, 0.2) is 33.7 Å². The van der Waals surface area contributed by atoms with Crippen LogP contribution in [0.2, 0.25) is 0 Å². The zero-order valence-electron chi connectivity index (χ0n) is 25.7. The normalized spacial score (nSPS) is 29.1. The molecule has 2 saturated heterocycles. The Bertz CT molecular complexity index is 1640. The summed E-state index contributed by atoms with van der Waals surface area (Å²) >= 11 is 0. The molecule has 3 aromatic rings. The number of aromatic hydroxyl groups is 1. The van der Waals surface area contributed by atoms with Crippen molar-refractivity contribution in [3.63, 3.8) is 0 Å². The van der Waals surface area contributed by atoms with Gasteiger partial charge in [0.15, 0.2) is 29.3 Å². The summed E-state index contributed by atoms with van der Waals surface area (Å²) in [4.78, 5) is 13.7. The van der Waals surface area contributed by atoms with E-state index in [1.165, 1.54) is 46.6 Å². The van der Waals surface area contributed by atoms with E-state index in [2.05, 4.69) is 0 Å². The Labute approximate surface area is 266 Å². The SMILES string of the molecule is COc1cc(OC)c(-c2coc3cc(O[C@@H]4O[C@H](CO[C@@H]5OC[C@](O)(CO)[C@H]5O)[C@@H](O)[C@H](O)[C@H]4O)c(OC)c(O)c3c2=O)cc1OC. The summed E-state index contributed by atoms with van der Waals surface area (Å²) in [7, 11) is 5.44. The van der Waals surface area contributed by atoms with E-state index in [-0.39, 0.29) is 39.3 Å². The van der Waals surface area contributed by atoms with Gasteiger partial charge in [-0.05, 0) is 6.07 Å². The molecule has 17 nitrogen and oxygen atoms in total. The molecule has 8 atom stereocenters. The lowest BCUT2D eigenvalue weighted by Crippen LogP contribution is -2.60. The Balaban J connectivity index is 1.44. The first-order valence-electron chi connectivity index (χ1n) is 14.2. The molecule has 5 rings (SSSR count). The average Bonchev–Trinajstić information content (AvgIpc) is 3.36. The van der Waals surface area contributed by atoms with Crippen molar-refractivity contribution in [2.75, 3.05) is 48.3 Å². The summed E-state index contributed by atoms with van der Waals surface area (Å²) in [6.07, 6.45) is -10.3. The number of benzene rings is 2. The highest BCUT2D eigenvalue weighted by Crippen LogP contribution is 2.45. The molecular formula is C30H36O17. The maximum atomic E-state index is 13.7. The van der Waals surface area contributed by atoms with Gasteiger partial charge in [0, 0.05) is 17.7 Å². The smallest absolute Gasteiger partial charge is 0.229 e. The predicted molar refractivity (Wildman–Crippen MR) is 157 cm³/mol. The Hall–Kier alpha value is -3.91. The van der Waals surface area contributed by atoms with Crippen LogP contribution >= 0.6 is 0 Å². The molecular weight excluding hydrogens is 632 g/mol. The molecule has 0 unspecified atom stereocenters. The summed E-state index contributed by atoms with van der Waals surface area (Å²) in [5.41, 5.74) is -2.51. The van der Waals surface area contributed by atoms with E-state index in [0.29, 0.717) is 11.5 Å². The van der Waals surface area contributed by atoms with Crippen LogP contribution in [0.3, 0.4) is 0 Å². The molecule has 2 aliphatic rings. The van der Waals surface area contributed by atoms with Crippen LogP contribution in [0.25, 0.3) is 22.1 Å². The number of phenolic OH excluding ortho intramolecular Hbond substituents is 1. The zero-order chi connectivity index (χ0) is 34.2. The molecule has 0 radical (unpaired) electrons. The summed E-state index contributed by atoms with van der Waals surface area (Å²) in [6.45, 7) is -1.75. The quantitative estimate of drug-likeness (QED) is 0.127. The van der Waals surface area contributed by atoms with Gasteiger partial charge in [0.05, 0.1) is 53.8 Å². The number of aliphatic hydroxyl groups excluding tert-OH is 5. The second-order valence-electron chi connectivity index (χ2n) is 10.9. The van der Waals surface area contributed by atoms with Crippen molar-refractivity contribution in [1.82, 2.24) is 0 Å². The molecule has 1 aromatic heterocycles. The largest absolute Gasteiger partial charge is 0.504 e. The number of ether oxygens (including phenoxy) is 8. The first-order valence-corrected chi connectivity index (χ1v) is 14.2. The minimum atomic E-state index is -1.96. The Morgan fingerprint density at radius 2 is 1.53 bits per heavy atom. The number of fused-ring (bicyclic) bond motifs is 1. The molecule has 258 valence electrons. The summed E-state index contributed by atoms with van der Waals surface area (Å²) in [5, 5.41) is 72.3. The highest BCUT2D eigenvalue weighted by atomic mass is 16.7. The molecule has 47 heavy (non-hydrogen) atoms. The molecule has 0 spiro atoms. The third-order valence-electron chi connectivity index (χ3n) is 8.08. The van der Waals surface area contributed by atoms with E-state index in [1.807, 2.05) is 0 Å². The minimum Gasteiger partial charge on any atom is -0.504 e. The van der Waals surface area contributed by atoms with Gasteiger partial charge in [-0.3, -0.25) is 4.79 Å². The van der Waals surface area contributed by atoms with Crippen LogP contribution in [0.1, 0.15) is 0 Å². The van der Waals surface area contributed by atoms with Crippen LogP contribution < -0.4 is 29.1 Å². The predicted octanol–water partition coefficient (Wildman–Crippen LogP) is -1.16. The lowest BCUT2D eigenvalue weighted by Gasteiger charge is -2.40. The number of rotatable bonds is 11. The third kappa shape index (κ3) is 6.13. The van der Waals surface area contributed by atoms with Gasteiger partial charge in [-0.15, -0.1) is 0 Å². The van der Waals surface area contributed by atoms with Gasteiger partial charge in [0.1, 0.15) is 59.1 Å². The standard InChI is InChI=1S/C30H36O17/c1-39-14-6-16(41-3)15(40-2)5-12(14)13-8-43-17-7-18(26(42-4)23(34)20(17)21(13)32)46-28-25(36)24(35)22(33)19(47-28)9-44-29-27(37)30(38,10-31)11-45-29/h5-8,19,22,24-25,27-29,31,33-38H,9-11H2,1-4H3/t19-,22-,24+,25-,27+,28-,29-,30-/m1/s1. The number of methoxy groups -OCH3 is 4. The van der Waals surface area contributed by atoms with Crippen LogP contribution in [0, 0.1) is 0 Å². The molecule has 3 heterocycles. The Kier molecular flexibility index (Phi) is 10.0. The van der Waals surface area contributed by atoms with E-state index >= 15 is 0 Å². The molecule has 17 heteroatoms. The Morgan fingerprint density at radius 1 is 0.851 bits per heavy atom. The molecule has 2 aliphatic heterocycles. The van der Waals surface area contributed by atoms with Gasteiger partial charge in [0.2, 0.25) is 17.5 Å². The fourth-order valence-electron chi connectivity index (χ4n) is 5.34. The van der Waals surface area contributed by atoms with Crippen molar-refractivity contribution in [3.8, 4) is 45.6 Å². The van der Waals surface area contributed by atoms with E-state index in [4.69, 9.17) is 42.3 Å². The second-order valence-corrected chi connectivity index (χ2v) is 10.9. The van der Waals surface area contributed by atoms with Crippen molar-refractivity contribution in [1.29, 1.82) is 0 Å². The first kappa shape index (κ1) is 34.4. The maximum Gasteiger partial charge on any atom is 0.229 e. The molecule has 2 aromatic carbocycles. The van der Waals surface area contributed by atoms with Crippen molar-refractivity contribution in [3.05, 3.63) is 34.7 Å². The van der Waals surface area contributed by atoms with E-state index in [1.54, 1.807) is 0 Å². The fourth-order valence-corrected chi connectivity index (χ4v) is 5.34. The number of aliphatic hydroxyl groups is 6. The first-order chi connectivity index (χ1) is 22.4. The van der Waals surface area contributed by atoms with Gasteiger partial charge in [0.25, 0.3) is 0 Å². The van der Waals surface area contributed by atoms with Crippen LogP contribution in [0.5, 0.6) is 34.5 Å². The maximum absolute atomic E-state index is 13.7. The third-order valence-corrected chi connectivity index (χ3v) is 8.08. The van der Waals surface area contributed by atoms with Gasteiger partial charge in [-0.2, -0.15) is 0 Å².